The molecule has 5 rings (SSSR count). The molecule has 2 aromatic carbocycles. The summed E-state index contributed by atoms with van der Waals surface area (Å²) in [5.74, 6) is 1.88. The van der Waals surface area contributed by atoms with E-state index in [0.717, 1.165) is 46.8 Å². The number of amides is 2. The SMILES string of the molecule is COc1cccc(-c2nc(C3CCCN(C(=O)Nc4cccc(CO)c4)C3)n3ccccc23)c1. The number of benzene rings is 2. The lowest BCUT2D eigenvalue weighted by atomic mass is 9.97. The highest BCUT2D eigenvalue weighted by Crippen LogP contribution is 2.33. The summed E-state index contributed by atoms with van der Waals surface area (Å²) in [6, 6.07) is 21.2. The van der Waals surface area contributed by atoms with Gasteiger partial charge < -0.3 is 24.5 Å². The van der Waals surface area contributed by atoms with Crippen molar-refractivity contribution >= 4 is 17.2 Å². The maximum Gasteiger partial charge on any atom is 0.321 e. The molecule has 174 valence electrons. The van der Waals surface area contributed by atoms with Crippen LogP contribution in [0.2, 0.25) is 0 Å². The highest BCUT2D eigenvalue weighted by Gasteiger charge is 2.28. The Morgan fingerprint density at radius 3 is 2.88 bits per heavy atom. The zero-order valence-corrected chi connectivity index (χ0v) is 19.1. The van der Waals surface area contributed by atoms with E-state index >= 15 is 0 Å². The van der Waals surface area contributed by atoms with E-state index in [2.05, 4.69) is 15.8 Å². The normalized spacial score (nSPS) is 15.9. The average Bonchev–Trinajstić information content (AvgIpc) is 3.29. The Labute approximate surface area is 198 Å². The number of pyridine rings is 1. The molecule has 4 aromatic rings. The smallest absolute Gasteiger partial charge is 0.321 e. The number of nitrogens with one attached hydrogen (secondary N) is 1. The van der Waals surface area contributed by atoms with E-state index in [1.807, 2.05) is 65.7 Å². The molecule has 0 aliphatic carbocycles. The van der Waals surface area contributed by atoms with Crippen LogP contribution in [0.25, 0.3) is 16.8 Å². The van der Waals surface area contributed by atoms with Gasteiger partial charge in [0, 0.05) is 36.5 Å². The number of anilines is 1. The van der Waals surface area contributed by atoms with Crippen molar-refractivity contribution in [2.24, 2.45) is 0 Å². The number of aliphatic hydroxyl groups excluding tert-OH is 1. The number of carbonyl (C=O) groups excluding carboxylic acids is 1. The molecule has 34 heavy (non-hydrogen) atoms. The number of aromatic nitrogens is 2. The standard InChI is InChI=1S/C27H28N4O3/c1-34-23-11-5-8-20(16-23)25-24-12-2-3-14-31(24)26(29-25)21-9-6-13-30(17-21)27(33)28-22-10-4-7-19(15-22)18-32/h2-5,7-8,10-12,14-16,21,32H,6,9,13,17-18H2,1H3,(H,28,33). The predicted molar refractivity (Wildman–Crippen MR) is 132 cm³/mol. The third kappa shape index (κ3) is 4.34. The van der Waals surface area contributed by atoms with Crippen molar-refractivity contribution in [3.63, 3.8) is 0 Å². The Morgan fingerprint density at radius 1 is 1.15 bits per heavy atom. The number of hydrogen-bond donors (Lipinski definition) is 2. The van der Waals surface area contributed by atoms with Gasteiger partial charge in [0.05, 0.1) is 24.9 Å². The Bertz CT molecular complexity index is 1320. The molecular weight excluding hydrogens is 428 g/mol. The number of fused-ring (bicyclic) bond motifs is 1. The molecule has 0 radical (unpaired) electrons. The molecule has 7 heteroatoms. The van der Waals surface area contributed by atoms with Gasteiger partial charge in [0.1, 0.15) is 11.6 Å². The summed E-state index contributed by atoms with van der Waals surface area (Å²) in [4.78, 5) is 20.0. The zero-order valence-electron chi connectivity index (χ0n) is 19.1. The first-order valence-corrected chi connectivity index (χ1v) is 11.5. The summed E-state index contributed by atoms with van der Waals surface area (Å²) in [5, 5.41) is 12.3. The van der Waals surface area contributed by atoms with Crippen molar-refractivity contribution in [1.29, 1.82) is 0 Å². The maximum absolute atomic E-state index is 13.0. The number of likely N-dealkylation sites (tertiary alicyclic amines) is 1. The average molecular weight is 457 g/mol. The van der Waals surface area contributed by atoms with Crippen LogP contribution in [0, 0.1) is 0 Å². The highest BCUT2D eigenvalue weighted by molar-refractivity contribution is 5.89. The lowest BCUT2D eigenvalue weighted by Gasteiger charge is -2.32. The van der Waals surface area contributed by atoms with Gasteiger partial charge in [-0.3, -0.25) is 0 Å². The van der Waals surface area contributed by atoms with Crippen LogP contribution < -0.4 is 10.1 Å². The zero-order chi connectivity index (χ0) is 23.5. The van der Waals surface area contributed by atoms with Crippen molar-refractivity contribution in [3.05, 3.63) is 84.3 Å². The van der Waals surface area contributed by atoms with Crippen LogP contribution in [0.4, 0.5) is 10.5 Å². The van der Waals surface area contributed by atoms with Gasteiger partial charge in [-0.05, 0) is 54.8 Å². The fraction of sp³-hybridized carbons (Fsp3) is 0.259. The van der Waals surface area contributed by atoms with Crippen LogP contribution in [0.15, 0.2) is 72.9 Å². The van der Waals surface area contributed by atoms with Gasteiger partial charge in [0.25, 0.3) is 0 Å². The fourth-order valence-corrected chi connectivity index (χ4v) is 4.65. The molecule has 1 saturated heterocycles. The molecule has 2 amide bonds. The van der Waals surface area contributed by atoms with Gasteiger partial charge in [-0.1, -0.05) is 30.3 Å². The van der Waals surface area contributed by atoms with Crippen LogP contribution in [0.3, 0.4) is 0 Å². The predicted octanol–water partition coefficient (Wildman–Crippen LogP) is 4.91. The number of rotatable bonds is 5. The summed E-state index contributed by atoms with van der Waals surface area (Å²) in [6.07, 6.45) is 3.92. The van der Waals surface area contributed by atoms with Gasteiger partial charge in [-0.15, -0.1) is 0 Å². The molecule has 1 aliphatic rings. The number of urea groups is 1. The minimum atomic E-state index is -0.131. The van der Waals surface area contributed by atoms with Crippen molar-refractivity contribution < 1.29 is 14.6 Å². The molecule has 1 aliphatic heterocycles. The summed E-state index contributed by atoms with van der Waals surface area (Å²) >= 11 is 0. The molecule has 3 heterocycles. The number of carbonyl (C=O) groups is 1. The third-order valence-electron chi connectivity index (χ3n) is 6.35. The van der Waals surface area contributed by atoms with Crippen molar-refractivity contribution in [1.82, 2.24) is 14.3 Å². The van der Waals surface area contributed by atoms with Crippen LogP contribution in [0.1, 0.15) is 30.1 Å². The van der Waals surface area contributed by atoms with E-state index in [0.29, 0.717) is 18.8 Å². The maximum atomic E-state index is 13.0. The third-order valence-corrected chi connectivity index (χ3v) is 6.35. The first-order chi connectivity index (χ1) is 16.7. The second-order valence-corrected chi connectivity index (χ2v) is 8.58. The number of ether oxygens (including phenoxy) is 1. The van der Waals surface area contributed by atoms with Crippen molar-refractivity contribution in [2.75, 3.05) is 25.5 Å². The molecule has 0 bridgehead atoms. The van der Waals surface area contributed by atoms with E-state index in [1.54, 1.807) is 13.2 Å². The fourth-order valence-electron chi connectivity index (χ4n) is 4.65. The second kappa shape index (κ2) is 9.57. The minimum Gasteiger partial charge on any atom is -0.497 e. The number of piperidine rings is 1. The Balaban J connectivity index is 1.42. The Morgan fingerprint density at radius 2 is 2.03 bits per heavy atom. The van der Waals surface area contributed by atoms with Crippen molar-refractivity contribution in [2.45, 2.75) is 25.4 Å². The summed E-state index contributed by atoms with van der Waals surface area (Å²) < 4.78 is 7.56. The largest absolute Gasteiger partial charge is 0.497 e. The van der Waals surface area contributed by atoms with Gasteiger partial charge in [0.15, 0.2) is 0 Å². The molecule has 1 fully saturated rings. The first-order valence-electron chi connectivity index (χ1n) is 11.5. The number of hydrogen-bond acceptors (Lipinski definition) is 4. The van der Waals surface area contributed by atoms with Crippen LogP contribution in [-0.2, 0) is 6.61 Å². The first kappa shape index (κ1) is 22.0. The van der Waals surface area contributed by atoms with E-state index in [9.17, 15) is 9.90 Å². The molecular formula is C27H28N4O3. The van der Waals surface area contributed by atoms with E-state index in [4.69, 9.17) is 9.72 Å². The molecule has 0 spiro atoms. The second-order valence-electron chi connectivity index (χ2n) is 8.58. The van der Waals surface area contributed by atoms with E-state index in [1.165, 1.54) is 0 Å². The number of imidazole rings is 1. The summed E-state index contributed by atoms with van der Waals surface area (Å²) in [6.45, 7) is 1.24. The summed E-state index contributed by atoms with van der Waals surface area (Å²) in [5.41, 5.74) is 4.40. The van der Waals surface area contributed by atoms with Gasteiger partial charge in [-0.2, -0.15) is 0 Å². The van der Waals surface area contributed by atoms with E-state index < -0.39 is 0 Å². The molecule has 2 N–H and O–H groups in total. The minimum absolute atomic E-state index is 0.0575. The molecule has 7 nitrogen and oxygen atoms in total. The lowest BCUT2D eigenvalue weighted by molar-refractivity contribution is 0.191. The Kier molecular flexibility index (Phi) is 6.18. The lowest BCUT2D eigenvalue weighted by Crippen LogP contribution is -2.42. The molecule has 1 atom stereocenters. The number of methoxy groups -OCH3 is 1. The van der Waals surface area contributed by atoms with E-state index in [-0.39, 0.29) is 18.6 Å². The van der Waals surface area contributed by atoms with Crippen LogP contribution >= 0.6 is 0 Å². The highest BCUT2D eigenvalue weighted by atomic mass is 16.5. The Hall–Kier alpha value is -3.84. The number of nitrogens with zero attached hydrogens (tertiary/aromatic N) is 3. The quantitative estimate of drug-likeness (QED) is 0.447. The summed E-state index contributed by atoms with van der Waals surface area (Å²) in [7, 11) is 1.66. The monoisotopic (exact) mass is 456 g/mol. The van der Waals surface area contributed by atoms with Crippen LogP contribution in [-0.4, -0.2) is 45.6 Å². The van der Waals surface area contributed by atoms with Gasteiger partial charge >= 0.3 is 6.03 Å². The topological polar surface area (TPSA) is 79.1 Å². The van der Waals surface area contributed by atoms with Gasteiger partial charge in [-0.25, -0.2) is 9.78 Å². The molecule has 0 saturated carbocycles. The van der Waals surface area contributed by atoms with Crippen molar-refractivity contribution in [3.8, 4) is 17.0 Å². The number of aliphatic hydroxyl groups is 1. The molecule has 2 aromatic heterocycles. The molecule has 1 unspecified atom stereocenters. The van der Waals surface area contributed by atoms with Crippen LogP contribution in [0.5, 0.6) is 5.75 Å². The van der Waals surface area contributed by atoms with Gasteiger partial charge in [0.2, 0.25) is 0 Å².